The van der Waals surface area contributed by atoms with E-state index in [-0.39, 0.29) is 5.91 Å². The number of benzene rings is 2. The number of carbonyl (C=O) groups is 2. The van der Waals surface area contributed by atoms with E-state index >= 15 is 0 Å². The van der Waals surface area contributed by atoms with E-state index in [0.29, 0.717) is 23.7 Å². The zero-order valence-electron chi connectivity index (χ0n) is 20.6. The summed E-state index contributed by atoms with van der Waals surface area (Å²) in [7, 11) is 2.02. The molecule has 36 heavy (non-hydrogen) atoms. The Morgan fingerprint density at radius 3 is 2.69 bits per heavy atom. The van der Waals surface area contributed by atoms with E-state index in [4.69, 9.17) is 9.72 Å². The maximum Gasteiger partial charge on any atom is 0.340 e. The highest BCUT2D eigenvalue weighted by molar-refractivity contribution is 7.14. The van der Waals surface area contributed by atoms with Gasteiger partial charge in [0, 0.05) is 47.1 Å². The molecule has 3 heterocycles. The van der Waals surface area contributed by atoms with Gasteiger partial charge in [-0.3, -0.25) is 15.1 Å². The predicted molar refractivity (Wildman–Crippen MR) is 142 cm³/mol. The summed E-state index contributed by atoms with van der Waals surface area (Å²) < 4.78 is 5.81. The zero-order chi connectivity index (χ0) is 25.2. The third-order valence-corrected chi connectivity index (χ3v) is 7.19. The van der Waals surface area contributed by atoms with E-state index in [1.165, 1.54) is 16.9 Å². The smallest absolute Gasteiger partial charge is 0.340 e. The summed E-state index contributed by atoms with van der Waals surface area (Å²) in [6.07, 6.45) is 0.175. The summed E-state index contributed by atoms with van der Waals surface area (Å²) >= 11 is 1.34. The molecule has 1 atom stereocenters. The van der Waals surface area contributed by atoms with Crippen LogP contribution in [0.2, 0.25) is 0 Å². The number of fused-ring (bicyclic) bond motifs is 2. The molecule has 0 bridgehead atoms. The number of esters is 1. The Balaban J connectivity index is 1.37. The lowest BCUT2D eigenvalue weighted by atomic mass is 9.96. The van der Waals surface area contributed by atoms with Gasteiger partial charge in [-0.25, -0.2) is 9.78 Å². The molecule has 1 aliphatic heterocycles. The lowest BCUT2D eigenvalue weighted by Crippen LogP contribution is -2.34. The highest BCUT2D eigenvalue weighted by Crippen LogP contribution is 2.29. The van der Waals surface area contributed by atoms with Gasteiger partial charge in [-0.05, 0) is 26.5 Å². The van der Waals surface area contributed by atoms with Crippen LogP contribution < -0.4 is 5.32 Å². The topological polar surface area (TPSA) is 84.4 Å². The summed E-state index contributed by atoms with van der Waals surface area (Å²) in [4.78, 5) is 38.1. The monoisotopic (exact) mass is 500 g/mol. The lowest BCUT2D eigenvalue weighted by molar-refractivity contribution is -0.124. The minimum Gasteiger partial charge on any atom is -0.449 e. The van der Waals surface area contributed by atoms with Crippen molar-refractivity contribution in [3.63, 3.8) is 0 Å². The molecule has 1 aliphatic rings. The SMILES string of the molecule is CCC(OC(=O)c1c2c(nc3ccccc13)CCN(C)C2)C(=O)Nc1nc(-c2ccc(C)cc2)cs1. The van der Waals surface area contributed by atoms with Crippen LogP contribution in [0.25, 0.3) is 22.2 Å². The average Bonchev–Trinajstić information content (AvgIpc) is 3.34. The van der Waals surface area contributed by atoms with Crippen molar-refractivity contribution in [3.8, 4) is 11.3 Å². The van der Waals surface area contributed by atoms with E-state index in [0.717, 1.165) is 46.4 Å². The van der Waals surface area contributed by atoms with Crippen LogP contribution in [-0.2, 0) is 22.5 Å². The summed E-state index contributed by atoms with van der Waals surface area (Å²) in [5, 5.41) is 5.95. The van der Waals surface area contributed by atoms with Gasteiger partial charge in [-0.1, -0.05) is 55.0 Å². The number of hydrogen-bond donors (Lipinski definition) is 1. The van der Waals surface area contributed by atoms with Crippen molar-refractivity contribution in [1.82, 2.24) is 14.9 Å². The predicted octanol–water partition coefficient (Wildman–Crippen LogP) is 5.23. The van der Waals surface area contributed by atoms with E-state index in [9.17, 15) is 9.59 Å². The number of aryl methyl sites for hydroxylation is 1. The first-order chi connectivity index (χ1) is 17.4. The number of amides is 1. The number of anilines is 1. The molecule has 0 saturated heterocycles. The van der Waals surface area contributed by atoms with E-state index in [1.807, 2.05) is 74.8 Å². The molecule has 1 unspecified atom stereocenters. The minimum absolute atomic E-state index is 0.346. The molecular formula is C28H28N4O3S. The molecule has 5 rings (SSSR count). The van der Waals surface area contributed by atoms with E-state index in [1.54, 1.807) is 0 Å². The Morgan fingerprint density at radius 2 is 1.92 bits per heavy atom. The lowest BCUT2D eigenvalue weighted by Gasteiger charge is -2.27. The first-order valence-corrected chi connectivity index (χ1v) is 12.9. The normalized spacial score (nSPS) is 14.3. The van der Waals surface area contributed by atoms with Gasteiger partial charge in [0.15, 0.2) is 11.2 Å². The second-order valence-corrected chi connectivity index (χ2v) is 9.97. The Labute approximate surface area is 214 Å². The van der Waals surface area contributed by atoms with Crippen LogP contribution in [0.15, 0.2) is 53.9 Å². The van der Waals surface area contributed by atoms with Crippen molar-refractivity contribution in [2.75, 3.05) is 18.9 Å². The molecule has 1 amide bonds. The fourth-order valence-corrected chi connectivity index (χ4v) is 5.17. The van der Waals surface area contributed by atoms with Gasteiger partial charge < -0.3 is 9.64 Å². The number of likely N-dealkylation sites (N-methyl/N-ethyl adjacent to an activating group) is 1. The number of ether oxygens (including phenoxy) is 1. The second-order valence-electron chi connectivity index (χ2n) is 9.11. The highest BCUT2D eigenvalue weighted by atomic mass is 32.1. The Bertz CT molecular complexity index is 1430. The van der Waals surface area contributed by atoms with E-state index in [2.05, 4.69) is 15.2 Å². The number of carbonyl (C=O) groups excluding carboxylic acids is 2. The Hall–Kier alpha value is -3.62. The number of nitrogens with zero attached hydrogens (tertiary/aromatic N) is 3. The molecule has 1 N–H and O–H groups in total. The number of hydrogen-bond acceptors (Lipinski definition) is 7. The fraction of sp³-hybridized carbons (Fsp3) is 0.286. The van der Waals surface area contributed by atoms with Crippen LogP contribution in [0.5, 0.6) is 0 Å². The second kappa shape index (κ2) is 10.2. The van der Waals surface area contributed by atoms with Crippen LogP contribution in [0, 0.1) is 6.92 Å². The van der Waals surface area contributed by atoms with Crippen LogP contribution in [0.4, 0.5) is 5.13 Å². The number of rotatable bonds is 6. The van der Waals surface area contributed by atoms with Gasteiger partial charge in [-0.15, -0.1) is 11.3 Å². The zero-order valence-corrected chi connectivity index (χ0v) is 21.4. The van der Waals surface area contributed by atoms with Crippen molar-refractivity contribution in [2.45, 2.75) is 39.3 Å². The highest BCUT2D eigenvalue weighted by Gasteiger charge is 2.29. The molecule has 184 valence electrons. The summed E-state index contributed by atoms with van der Waals surface area (Å²) in [5.41, 5.74) is 6.01. The third kappa shape index (κ3) is 4.87. The van der Waals surface area contributed by atoms with Crippen molar-refractivity contribution in [3.05, 3.63) is 76.3 Å². The third-order valence-electron chi connectivity index (χ3n) is 6.44. The van der Waals surface area contributed by atoms with Gasteiger partial charge in [0.25, 0.3) is 5.91 Å². The standard InChI is InChI=1S/C28H28N4O3S/c1-4-24(26(33)31-28-30-23(16-36-28)18-11-9-17(2)10-12-18)35-27(34)25-19-7-5-6-8-21(19)29-22-13-14-32(3)15-20(22)25/h5-12,16,24H,4,13-15H2,1-3H3,(H,30,31,33). The van der Waals surface area contributed by atoms with Gasteiger partial charge in [-0.2, -0.15) is 0 Å². The number of nitrogens with one attached hydrogen (secondary N) is 1. The molecular weight excluding hydrogens is 472 g/mol. The summed E-state index contributed by atoms with van der Waals surface area (Å²) in [5.74, 6) is -0.887. The molecule has 7 nitrogen and oxygen atoms in total. The number of para-hydroxylation sites is 1. The molecule has 0 saturated carbocycles. The number of thiazole rings is 1. The number of pyridine rings is 1. The van der Waals surface area contributed by atoms with Gasteiger partial charge >= 0.3 is 5.97 Å². The fourth-order valence-electron chi connectivity index (χ4n) is 4.44. The summed E-state index contributed by atoms with van der Waals surface area (Å²) in [6.45, 7) is 5.35. The van der Waals surface area contributed by atoms with Crippen molar-refractivity contribution in [2.24, 2.45) is 0 Å². The molecule has 0 radical (unpaired) electrons. The van der Waals surface area contributed by atoms with E-state index < -0.39 is 12.1 Å². The molecule has 0 spiro atoms. The van der Waals surface area contributed by atoms with Gasteiger partial charge in [0.1, 0.15) is 0 Å². The van der Waals surface area contributed by atoms with Crippen LogP contribution in [0.3, 0.4) is 0 Å². The molecule has 2 aromatic carbocycles. The minimum atomic E-state index is -0.937. The van der Waals surface area contributed by atoms with Crippen molar-refractivity contribution < 1.29 is 14.3 Å². The Morgan fingerprint density at radius 1 is 1.14 bits per heavy atom. The first kappa shape index (κ1) is 24.1. The van der Waals surface area contributed by atoms with Crippen molar-refractivity contribution >= 4 is 39.2 Å². The average molecular weight is 501 g/mol. The van der Waals surface area contributed by atoms with Crippen LogP contribution in [0.1, 0.15) is 40.5 Å². The quantitative estimate of drug-likeness (QED) is 0.365. The largest absolute Gasteiger partial charge is 0.449 e. The number of aromatic nitrogens is 2. The molecule has 4 aromatic rings. The summed E-state index contributed by atoms with van der Waals surface area (Å²) in [6, 6.07) is 15.6. The maximum absolute atomic E-state index is 13.5. The van der Waals surface area contributed by atoms with Crippen molar-refractivity contribution in [1.29, 1.82) is 0 Å². The molecule has 8 heteroatoms. The van der Waals surface area contributed by atoms with Crippen LogP contribution >= 0.6 is 11.3 Å². The maximum atomic E-state index is 13.5. The molecule has 2 aromatic heterocycles. The molecule has 0 aliphatic carbocycles. The Kier molecular flexibility index (Phi) is 6.80. The van der Waals surface area contributed by atoms with Gasteiger partial charge in [0.05, 0.1) is 16.8 Å². The van der Waals surface area contributed by atoms with Crippen LogP contribution in [-0.4, -0.2) is 46.4 Å². The van der Waals surface area contributed by atoms with Gasteiger partial charge in [0.2, 0.25) is 0 Å². The first-order valence-electron chi connectivity index (χ1n) is 12.1. The molecule has 0 fully saturated rings.